The molecule has 12 heteroatoms. The monoisotopic (exact) mass is 529 g/mol. The number of amides is 2. The lowest BCUT2D eigenvalue weighted by Crippen LogP contribution is -2.50. The normalized spacial score (nSPS) is 14.4. The maximum absolute atomic E-state index is 13.2. The van der Waals surface area contributed by atoms with Gasteiger partial charge in [0.05, 0.1) is 17.7 Å². The van der Waals surface area contributed by atoms with Crippen LogP contribution in [0.25, 0.3) is 10.8 Å². The molecule has 0 aliphatic carbocycles. The molecule has 0 radical (unpaired) electrons. The number of nitrogens with one attached hydrogen (secondary N) is 1. The number of methoxy groups -OCH3 is 1. The van der Waals surface area contributed by atoms with Gasteiger partial charge in [-0.1, -0.05) is 23.7 Å². The number of carbonyl (C=O) groups excluding carboxylic acids is 2. The van der Waals surface area contributed by atoms with E-state index in [0.29, 0.717) is 10.6 Å². The number of halogens is 1. The molecule has 36 heavy (non-hydrogen) atoms. The van der Waals surface area contributed by atoms with Gasteiger partial charge in [-0.2, -0.15) is 4.31 Å². The van der Waals surface area contributed by atoms with Crippen molar-refractivity contribution in [2.24, 2.45) is 5.73 Å². The number of anilines is 1. The number of fused-ring (bicyclic) bond motifs is 1. The van der Waals surface area contributed by atoms with Gasteiger partial charge in [0.15, 0.2) is 0 Å². The first-order valence-corrected chi connectivity index (χ1v) is 12.7. The summed E-state index contributed by atoms with van der Waals surface area (Å²) in [5.41, 5.74) is 6.09. The Hall–Kier alpha value is -3.67. The Morgan fingerprint density at radius 1 is 0.972 bits per heavy atom. The minimum atomic E-state index is -3.73. The molecular formula is C24H24ClN5O5S. The number of rotatable bonds is 4. The van der Waals surface area contributed by atoms with Crippen molar-refractivity contribution in [3.8, 4) is 0 Å². The summed E-state index contributed by atoms with van der Waals surface area (Å²) in [6, 6.07) is 16.2. The van der Waals surface area contributed by atoms with E-state index in [0.717, 1.165) is 15.7 Å². The number of nitrogens with zero attached hydrogens (tertiary/aromatic N) is 3. The van der Waals surface area contributed by atoms with Crippen molar-refractivity contribution in [1.29, 1.82) is 5.41 Å². The minimum Gasteiger partial charge on any atom is -0.452 e. The summed E-state index contributed by atoms with van der Waals surface area (Å²) in [5, 5.41) is 9.77. The molecule has 0 aromatic heterocycles. The first kappa shape index (κ1) is 25.4. The van der Waals surface area contributed by atoms with Crippen LogP contribution in [0, 0.1) is 5.41 Å². The van der Waals surface area contributed by atoms with Crippen LogP contribution in [-0.2, 0) is 14.8 Å². The standard InChI is InChI=1S/C24H24ClN5O5S/c1-35-24(32)30(23(26)27)20-7-3-16(4-8-20)22(31)28-10-12-29(13-11-28)36(33,34)21-9-5-17-14-19(25)6-2-18(17)15-21/h2-9,14-15H,10-13H2,1H3,(H3,26,27). The minimum absolute atomic E-state index is 0.158. The van der Waals surface area contributed by atoms with Crippen molar-refractivity contribution in [2.45, 2.75) is 4.90 Å². The molecule has 0 spiro atoms. The molecule has 1 heterocycles. The largest absolute Gasteiger partial charge is 0.452 e. The van der Waals surface area contributed by atoms with Crippen molar-refractivity contribution in [2.75, 3.05) is 38.2 Å². The van der Waals surface area contributed by atoms with Crippen molar-refractivity contribution in [3.63, 3.8) is 0 Å². The van der Waals surface area contributed by atoms with E-state index in [9.17, 15) is 18.0 Å². The lowest BCUT2D eigenvalue weighted by atomic mass is 10.1. The van der Waals surface area contributed by atoms with Crippen LogP contribution in [0.2, 0.25) is 5.02 Å². The maximum Gasteiger partial charge on any atom is 0.421 e. The number of piperazine rings is 1. The SMILES string of the molecule is COC(=O)N(C(=N)N)c1ccc(C(=O)N2CCN(S(=O)(=O)c3ccc4cc(Cl)ccc4c3)CC2)cc1. The average Bonchev–Trinajstić information content (AvgIpc) is 2.88. The topological polar surface area (TPSA) is 137 Å². The van der Waals surface area contributed by atoms with Gasteiger partial charge in [-0.25, -0.2) is 18.1 Å². The van der Waals surface area contributed by atoms with E-state index >= 15 is 0 Å². The third-order valence-electron chi connectivity index (χ3n) is 5.91. The average molecular weight is 530 g/mol. The molecule has 3 aromatic carbocycles. The van der Waals surface area contributed by atoms with Gasteiger partial charge in [-0.3, -0.25) is 10.2 Å². The molecule has 0 unspecified atom stereocenters. The fourth-order valence-corrected chi connectivity index (χ4v) is 5.64. The molecule has 1 aliphatic heterocycles. The Labute approximate surface area is 213 Å². The molecule has 4 rings (SSSR count). The van der Waals surface area contributed by atoms with Crippen molar-refractivity contribution in [1.82, 2.24) is 9.21 Å². The summed E-state index contributed by atoms with van der Waals surface area (Å²) in [6.45, 7) is 0.770. The predicted octanol–water partition coefficient (Wildman–Crippen LogP) is 3.11. The quantitative estimate of drug-likeness (QED) is 0.393. The fraction of sp³-hybridized carbons (Fsp3) is 0.208. The van der Waals surface area contributed by atoms with E-state index in [1.807, 2.05) is 0 Å². The Morgan fingerprint density at radius 3 is 2.19 bits per heavy atom. The zero-order chi connectivity index (χ0) is 26.0. The Balaban J connectivity index is 1.44. The third kappa shape index (κ3) is 4.99. The molecule has 10 nitrogen and oxygen atoms in total. The van der Waals surface area contributed by atoms with Gasteiger partial charge < -0.3 is 15.4 Å². The predicted molar refractivity (Wildman–Crippen MR) is 137 cm³/mol. The highest BCUT2D eigenvalue weighted by Crippen LogP contribution is 2.25. The molecule has 2 amide bonds. The lowest BCUT2D eigenvalue weighted by molar-refractivity contribution is 0.0698. The van der Waals surface area contributed by atoms with Gasteiger partial charge in [0, 0.05) is 36.8 Å². The molecule has 0 saturated carbocycles. The van der Waals surface area contributed by atoms with Crippen LogP contribution in [-0.4, -0.2) is 68.9 Å². The zero-order valence-electron chi connectivity index (χ0n) is 19.3. The van der Waals surface area contributed by atoms with Crippen molar-refractivity contribution in [3.05, 3.63) is 71.2 Å². The number of hydrogen-bond donors (Lipinski definition) is 2. The van der Waals surface area contributed by atoms with Gasteiger partial charge in [-0.15, -0.1) is 0 Å². The van der Waals surface area contributed by atoms with Gasteiger partial charge in [0.25, 0.3) is 5.91 Å². The summed E-state index contributed by atoms with van der Waals surface area (Å²) < 4.78 is 32.4. The second-order valence-electron chi connectivity index (χ2n) is 8.09. The summed E-state index contributed by atoms with van der Waals surface area (Å²) in [7, 11) is -2.56. The van der Waals surface area contributed by atoms with E-state index in [1.165, 1.54) is 35.7 Å². The molecule has 1 aliphatic rings. The molecule has 3 aromatic rings. The number of carbonyl (C=O) groups is 2. The Bertz CT molecular complexity index is 1440. The molecule has 1 saturated heterocycles. The molecule has 0 bridgehead atoms. The number of benzene rings is 3. The third-order valence-corrected chi connectivity index (χ3v) is 8.04. The Morgan fingerprint density at radius 2 is 1.58 bits per heavy atom. The van der Waals surface area contributed by atoms with Crippen LogP contribution < -0.4 is 10.6 Å². The van der Waals surface area contributed by atoms with Crippen molar-refractivity contribution < 1.29 is 22.7 Å². The number of sulfonamides is 1. The van der Waals surface area contributed by atoms with E-state index in [1.54, 1.807) is 41.3 Å². The smallest absolute Gasteiger partial charge is 0.421 e. The van der Waals surface area contributed by atoms with Gasteiger partial charge in [0.2, 0.25) is 16.0 Å². The molecule has 188 valence electrons. The summed E-state index contributed by atoms with van der Waals surface area (Å²) in [5.74, 6) is -0.790. The molecule has 3 N–H and O–H groups in total. The first-order valence-electron chi connectivity index (χ1n) is 10.9. The number of nitrogens with two attached hydrogens (primary N) is 1. The number of guanidine groups is 1. The summed E-state index contributed by atoms with van der Waals surface area (Å²) >= 11 is 6.01. The van der Waals surface area contributed by atoms with E-state index in [4.69, 9.17) is 22.7 Å². The second kappa shape index (κ2) is 10.1. The molecular weight excluding hydrogens is 506 g/mol. The summed E-state index contributed by atoms with van der Waals surface area (Å²) in [6.07, 6.45) is -0.825. The first-order chi connectivity index (χ1) is 17.1. The van der Waals surface area contributed by atoms with Crippen LogP contribution in [0.15, 0.2) is 65.6 Å². The van der Waals surface area contributed by atoms with Gasteiger partial charge in [-0.05, 0) is 59.3 Å². The second-order valence-corrected chi connectivity index (χ2v) is 10.5. The van der Waals surface area contributed by atoms with E-state index in [-0.39, 0.29) is 42.7 Å². The highest BCUT2D eigenvalue weighted by Gasteiger charge is 2.31. The van der Waals surface area contributed by atoms with Crippen LogP contribution in [0.3, 0.4) is 0 Å². The fourth-order valence-electron chi connectivity index (χ4n) is 4.01. The highest BCUT2D eigenvalue weighted by atomic mass is 35.5. The van der Waals surface area contributed by atoms with Crippen LogP contribution in [0.4, 0.5) is 10.5 Å². The lowest BCUT2D eigenvalue weighted by Gasteiger charge is -2.34. The number of hydrogen-bond acceptors (Lipinski definition) is 6. The van der Waals surface area contributed by atoms with E-state index in [2.05, 4.69) is 4.74 Å². The van der Waals surface area contributed by atoms with Gasteiger partial charge >= 0.3 is 6.09 Å². The van der Waals surface area contributed by atoms with Crippen molar-refractivity contribution >= 4 is 56.0 Å². The van der Waals surface area contributed by atoms with Crippen LogP contribution in [0.5, 0.6) is 0 Å². The highest BCUT2D eigenvalue weighted by molar-refractivity contribution is 7.89. The van der Waals surface area contributed by atoms with Crippen LogP contribution in [0.1, 0.15) is 10.4 Å². The summed E-state index contributed by atoms with van der Waals surface area (Å²) in [4.78, 5) is 27.5. The number of ether oxygens (including phenoxy) is 1. The van der Waals surface area contributed by atoms with Crippen LogP contribution >= 0.6 is 11.6 Å². The zero-order valence-corrected chi connectivity index (χ0v) is 20.9. The van der Waals surface area contributed by atoms with E-state index < -0.39 is 22.1 Å². The van der Waals surface area contributed by atoms with Gasteiger partial charge in [0.1, 0.15) is 0 Å². The molecule has 0 atom stereocenters. The Kier molecular flexibility index (Phi) is 7.16. The maximum atomic E-state index is 13.2. The molecule has 1 fully saturated rings.